The topological polar surface area (TPSA) is 0 Å². The van der Waals surface area contributed by atoms with Crippen LogP contribution in [0.15, 0.2) is 36.9 Å². The van der Waals surface area contributed by atoms with Gasteiger partial charge in [0.25, 0.3) is 0 Å². The monoisotopic (exact) mass is 236 g/mol. The average molecular weight is 237 g/mol. The van der Waals surface area contributed by atoms with Crippen molar-refractivity contribution in [1.29, 1.82) is 0 Å². The Morgan fingerprint density at radius 1 is 1.23 bits per heavy atom. The zero-order chi connectivity index (χ0) is 9.52. The van der Waals surface area contributed by atoms with Crippen LogP contribution in [0.4, 0.5) is 0 Å². The lowest BCUT2D eigenvalue weighted by Crippen LogP contribution is -1.78. The molecule has 0 radical (unpaired) electrons. The zero-order valence-corrected chi connectivity index (χ0v) is 9.13. The molecule has 0 aliphatic heterocycles. The molecule has 1 rings (SSSR count). The normalized spacial score (nSPS) is 10.5. The van der Waals surface area contributed by atoms with Crippen LogP contribution in [-0.2, 0) is 0 Å². The molecule has 0 nitrogen and oxygen atoms in total. The van der Waals surface area contributed by atoms with E-state index in [1.54, 1.807) is 0 Å². The summed E-state index contributed by atoms with van der Waals surface area (Å²) >= 11 is 3.39. The van der Waals surface area contributed by atoms with Crippen molar-refractivity contribution in [3.8, 4) is 0 Å². The van der Waals surface area contributed by atoms with Gasteiger partial charge in [-0.1, -0.05) is 65.0 Å². The highest BCUT2D eigenvalue weighted by molar-refractivity contribution is 9.09. The number of hydrogen-bond donors (Lipinski definition) is 0. The number of alkyl halides is 1. The van der Waals surface area contributed by atoms with Crippen LogP contribution < -0.4 is 0 Å². The van der Waals surface area contributed by atoms with E-state index < -0.39 is 0 Å². The van der Waals surface area contributed by atoms with Gasteiger partial charge in [0.2, 0.25) is 0 Å². The fraction of sp³-hybridized carbons (Fsp3) is 0.167. The van der Waals surface area contributed by atoms with E-state index in [0.717, 1.165) is 11.8 Å². The molecule has 1 aromatic carbocycles. The summed E-state index contributed by atoms with van der Waals surface area (Å²) in [5.41, 5.74) is 2.42. The molecule has 0 fully saturated rings. The summed E-state index contributed by atoms with van der Waals surface area (Å²) in [7, 11) is 0. The summed E-state index contributed by atoms with van der Waals surface area (Å²) in [6, 6.07) is 8.24. The van der Waals surface area contributed by atoms with Gasteiger partial charge in [0.05, 0.1) is 0 Å². The van der Waals surface area contributed by atoms with Crippen LogP contribution in [0.5, 0.6) is 0 Å². The van der Waals surface area contributed by atoms with Gasteiger partial charge in [-0.2, -0.15) is 0 Å². The molecule has 0 aliphatic carbocycles. The highest BCUT2D eigenvalue weighted by Crippen LogP contribution is 2.12. The lowest BCUT2D eigenvalue weighted by atomic mass is 10.1. The molecule has 68 valence electrons. The predicted molar refractivity (Wildman–Crippen MR) is 64.0 cm³/mol. The molecule has 0 unspecified atom stereocenters. The Labute approximate surface area is 88.1 Å². The minimum absolute atomic E-state index is 1.01. The number of hydrogen-bond acceptors (Lipinski definition) is 0. The van der Waals surface area contributed by atoms with Crippen LogP contribution in [0.25, 0.3) is 12.2 Å². The van der Waals surface area contributed by atoms with E-state index in [9.17, 15) is 0 Å². The highest BCUT2D eigenvalue weighted by atomic mass is 79.9. The molecule has 1 aromatic rings. The molecular formula is C12H13Br. The molecule has 0 heterocycles. The second kappa shape index (κ2) is 5.76. The maximum absolute atomic E-state index is 3.78. The highest BCUT2D eigenvalue weighted by Gasteiger charge is 1.91. The van der Waals surface area contributed by atoms with Crippen LogP contribution in [0.3, 0.4) is 0 Å². The van der Waals surface area contributed by atoms with Gasteiger partial charge in [-0.05, 0) is 17.5 Å². The van der Waals surface area contributed by atoms with Crippen molar-refractivity contribution in [3.63, 3.8) is 0 Å². The number of rotatable bonds is 4. The average Bonchev–Trinajstić information content (AvgIpc) is 2.19. The summed E-state index contributed by atoms with van der Waals surface area (Å²) < 4.78 is 0. The third-order valence-corrected chi connectivity index (χ3v) is 2.25. The first kappa shape index (κ1) is 10.3. The number of benzene rings is 1. The van der Waals surface area contributed by atoms with Crippen molar-refractivity contribution in [1.82, 2.24) is 0 Å². The van der Waals surface area contributed by atoms with Crippen LogP contribution in [0.2, 0.25) is 0 Å². The standard InChI is InChI=1S/C12H13Br/c1-2-11-7-3-4-8-12(11)9-5-6-10-13/h2-5,7-9H,1,6,10H2. The van der Waals surface area contributed by atoms with E-state index in [4.69, 9.17) is 0 Å². The summed E-state index contributed by atoms with van der Waals surface area (Å²) in [6.45, 7) is 3.78. The molecule has 0 atom stereocenters. The molecule has 1 heteroatoms. The largest absolute Gasteiger partial charge is 0.0984 e. The van der Waals surface area contributed by atoms with E-state index in [2.05, 4.69) is 46.8 Å². The zero-order valence-electron chi connectivity index (χ0n) is 7.54. The SMILES string of the molecule is C=Cc1ccccc1C=CCCBr. The van der Waals surface area contributed by atoms with Crippen molar-refractivity contribution in [3.05, 3.63) is 48.0 Å². The third kappa shape index (κ3) is 3.19. The molecule has 0 spiro atoms. The first-order valence-corrected chi connectivity index (χ1v) is 5.44. The lowest BCUT2D eigenvalue weighted by Gasteiger charge is -1.98. The maximum Gasteiger partial charge on any atom is 0.00660 e. The molecule has 0 saturated heterocycles. The van der Waals surface area contributed by atoms with Crippen LogP contribution in [-0.4, -0.2) is 5.33 Å². The van der Waals surface area contributed by atoms with Gasteiger partial charge in [-0.3, -0.25) is 0 Å². The van der Waals surface area contributed by atoms with E-state index in [0.29, 0.717) is 0 Å². The minimum Gasteiger partial charge on any atom is -0.0984 e. The molecule has 0 amide bonds. The summed E-state index contributed by atoms with van der Waals surface area (Å²) in [4.78, 5) is 0. The quantitative estimate of drug-likeness (QED) is 0.690. The molecular weight excluding hydrogens is 224 g/mol. The molecule has 0 aromatic heterocycles. The Hall–Kier alpha value is -0.820. The van der Waals surface area contributed by atoms with Gasteiger partial charge >= 0.3 is 0 Å². The Bertz CT molecular complexity index is 300. The van der Waals surface area contributed by atoms with Crippen LogP contribution >= 0.6 is 15.9 Å². The van der Waals surface area contributed by atoms with Gasteiger partial charge in [0, 0.05) is 5.33 Å². The second-order valence-electron chi connectivity index (χ2n) is 2.71. The molecule has 0 bridgehead atoms. The Morgan fingerprint density at radius 2 is 1.92 bits per heavy atom. The fourth-order valence-electron chi connectivity index (χ4n) is 1.12. The third-order valence-electron chi connectivity index (χ3n) is 1.79. The van der Waals surface area contributed by atoms with Crippen molar-refractivity contribution >= 4 is 28.1 Å². The molecule has 0 N–H and O–H groups in total. The fourth-order valence-corrected chi connectivity index (χ4v) is 1.39. The number of halogens is 1. The van der Waals surface area contributed by atoms with Crippen LogP contribution in [0.1, 0.15) is 17.5 Å². The van der Waals surface area contributed by atoms with Gasteiger partial charge in [-0.25, -0.2) is 0 Å². The van der Waals surface area contributed by atoms with E-state index in [1.165, 1.54) is 11.1 Å². The smallest absolute Gasteiger partial charge is 0.00660 e. The molecule has 13 heavy (non-hydrogen) atoms. The van der Waals surface area contributed by atoms with Gasteiger partial charge < -0.3 is 0 Å². The Morgan fingerprint density at radius 3 is 2.54 bits per heavy atom. The Kier molecular flexibility index (Phi) is 4.55. The van der Waals surface area contributed by atoms with Crippen molar-refractivity contribution in [2.75, 3.05) is 5.33 Å². The first-order chi connectivity index (χ1) is 6.38. The first-order valence-electron chi connectivity index (χ1n) is 4.32. The van der Waals surface area contributed by atoms with E-state index in [1.807, 2.05) is 18.2 Å². The van der Waals surface area contributed by atoms with Crippen molar-refractivity contribution in [2.45, 2.75) is 6.42 Å². The van der Waals surface area contributed by atoms with E-state index in [-0.39, 0.29) is 0 Å². The molecule has 0 saturated carbocycles. The van der Waals surface area contributed by atoms with E-state index >= 15 is 0 Å². The molecule has 0 aliphatic rings. The second-order valence-corrected chi connectivity index (χ2v) is 3.51. The summed E-state index contributed by atoms with van der Waals surface area (Å²) in [5.74, 6) is 0. The number of allylic oxidation sites excluding steroid dienone is 1. The van der Waals surface area contributed by atoms with Gasteiger partial charge in [0.15, 0.2) is 0 Å². The van der Waals surface area contributed by atoms with Gasteiger partial charge in [-0.15, -0.1) is 0 Å². The Balaban J connectivity index is 2.80. The minimum atomic E-state index is 1.01. The maximum atomic E-state index is 3.78. The van der Waals surface area contributed by atoms with Crippen molar-refractivity contribution in [2.24, 2.45) is 0 Å². The summed E-state index contributed by atoms with van der Waals surface area (Å²) in [5, 5.41) is 1.01. The van der Waals surface area contributed by atoms with Crippen LogP contribution in [0, 0.1) is 0 Å². The summed E-state index contributed by atoms with van der Waals surface area (Å²) in [6.07, 6.45) is 7.24. The predicted octanol–water partition coefficient (Wildman–Crippen LogP) is 4.13. The van der Waals surface area contributed by atoms with Crippen molar-refractivity contribution < 1.29 is 0 Å². The van der Waals surface area contributed by atoms with Gasteiger partial charge in [0.1, 0.15) is 0 Å². The lowest BCUT2D eigenvalue weighted by molar-refractivity contribution is 1.27.